The van der Waals surface area contributed by atoms with Crippen LogP contribution in [0.5, 0.6) is 0 Å². The summed E-state index contributed by atoms with van der Waals surface area (Å²) in [6, 6.07) is 11.6. The van der Waals surface area contributed by atoms with Gasteiger partial charge in [0.05, 0.1) is 0 Å². The van der Waals surface area contributed by atoms with Crippen LogP contribution in [0.15, 0.2) is 42.5 Å². The van der Waals surface area contributed by atoms with Crippen LogP contribution in [0, 0.1) is 10.8 Å². The number of likely N-dealkylation sites (tertiary alicyclic amines) is 2. The molecule has 2 aromatic carbocycles. The zero-order chi connectivity index (χ0) is 30.9. The minimum absolute atomic E-state index is 0.000372. The predicted octanol–water partition coefficient (Wildman–Crippen LogP) is 6.72. The molecule has 3 aliphatic rings. The van der Waals surface area contributed by atoms with Crippen molar-refractivity contribution in [2.24, 2.45) is 10.8 Å². The van der Waals surface area contributed by atoms with Crippen LogP contribution in [-0.2, 0) is 16.1 Å². The number of ketones is 2. The molecule has 3 atom stereocenters. The lowest BCUT2D eigenvalue weighted by Gasteiger charge is -2.43. The number of rotatable bonds is 9. The monoisotopic (exact) mass is 626 g/mol. The molecule has 6 nitrogen and oxygen atoms in total. The number of carbonyl (C=O) groups is 3. The van der Waals surface area contributed by atoms with Gasteiger partial charge in [-0.15, -0.1) is 23.2 Å². The lowest BCUT2D eigenvalue weighted by molar-refractivity contribution is -0.153. The second-order valence-corrected chi connectivity index (χ2v) is 15.5. The number of hydrogen-bond donors (Lipinski definition) is 0. The molecule has 0 bridgehead atoms. The lowest BCUT2D eigenvalue weighted by Crippen LogP contribution is -2.53. The first-order valence-corrected chi connectivity index (χ1v) is 16.4. The van der Waals surface area contributed by atoms with Gasteiger partial charge in [-0.2, -0.15) is 0 Å². The Kier molecular flexibility index (Phi) is 9.72. The Morgan fingerprint density at radius 3 is 2.12 bits per heavy atom. The number of halogens is 2. The molecule has 43 heavy (non-hydrogen) atoms. The molecule has 5 rings (SSSR count). The molecule has 8 heteroatoms. The quantitative estimate of drug-likeness (QED) is 0.149. The maximum Gasteiger partial charge on any atom is 0.323 e. The number of hydrogen-bond acceptors (Lipinski definition) is 6. The third kappa shape index (κ3) is 7.70. The molecule has 0 radical (unpaired) electrons. The Hall–Kier alpha value is -2.25. The first-order valence-electron chi connectivity index (χ1n) is 15.5. The number of ether oxygens (including phenoxy) is 1. The summed E-state index contributed by atoms with van der Waals surface area (Å²) in [4.78, 5) is 44.5. The van der Waals surface area contributed by atoms with Gasteiger partial charge < -0.3 is 9.64 Å². The second-order valence-electron chi connectivity index (χ2n) is 14.3. The number of piperidine rings is 2. The van der Waals surface area contributed by atoms with Crippen molar-refractivity contribution in [2.45, 2.75) is 83.2 Å². The number of esters is 1. The highest BCUT2D eigenvalue weighted by molar-refractivity contribution is 6.28. The SMILES string of the molecule is CC1(C)CC(Cl)CN(CCCC[C@@H](C(=O)OCc2ccc3c(c2)C(=O)c2ccccc2C3=O)N2CC(Cl)CC(C)(C)C2)C1. The standard InChI is InChI=1S/C35H44Cl2N2O4/c1-34(2)16-24(36)18-38(21-34)14-8-7-11-30(39-19-25(37)17-35(3,4)22-39)33(42)43-20-23-12-13-28-29(15-23)32(41)27-10-6-5-9-26(27)31(28)40/h5-6,9-10,12-13,15,24-25,30H,7-8,11,14,16-22H2,1-4H3/t24?,25?,30-/m0/s1. The molecule has 2 saturated heterocycles. The van der Waals surface area contributed by atoms with E-state index in [-0.39, 0.29) is 45.7 Å². The fraction of sp³-hybridized carbons (Fsp3) is 0.571. The molecule has 2 unspecified atom stereocenters. The first-order chi connectivity index (χ1) is 20.3. The van der Waals surface area contributed by atoms with E-state index in [9.17, 15) is 14.4 Å². The van der Waals surface area contributed by atoms with Crippen molar-refractivity contribution < 1.29 is 19.1 Å². The van der Waals surface area contributed by atoms with Crippen LogP contribution in [0.1, 0.15) is 97.2 Å². The summed E-state index contributed by atoms with van der Waals surface area (Å²) in [5.41, 5.74) is 2.48. The number of fused-ring (bicyclic) bond motifs is 2. The van der Waals surface area contributed by atoms with Crippen LogP contribution in [0.4, 0.5) is 0 Å². The van der Waals surface area contributed by atoms with E-state index in [4.69, 9.17) is 27.9 Å². The van der Waals surface area contributed by atoms with Crippen LogP contribution >= 0.6 is 23.2 Å². The maximum atomic E-state index is 13.7. The largest absolute Gasteiger partial charge is 0.460 e. The van der Waals surface area contributed by atoms with Crippen molar-refractivity contribution in [3.63, 3.8) is 0 Å². The number of benzene rings is 2. The molecule has 2 aliphatic heterocycles. The Morgan fingerprint density at radius 2 is 1.47 bits per heavy atom. The minimum Gasteiger partial charge on any atom is -0.460 e. The lowest BCUT2D eigenvalue weighted by atomic mass is 9.83. The van der Waals surface area contributed by atoms with Gasteiger partial charge in [0.2, 0.25) is 0 Å². The smallest absolute Gasteiger partial charge is 0.323 e. The number of nitrogens with zero attached hydrogens (tertiary/aromatic N) is 2. The van der Waals surface area contributed by atoms with Gasteiger partial charge in [0.25, 0.3) is 0 Å². The van der Waals surface area contributed by atoms with Gasteiger partial charge in [-0.3, -0.25) is 19.3 Å². The maximum absolute atomic E-state index is 13.7. The van der Waals surface area contributed by atoms with Crippen molar-refractivity contribution in [3.05, 3.63) is 70.3 Å². The second kappa shape index (κ2) is 13.0. The average Bonchev–Trinajstić information content (AvgIpc) is 2.92. The normalized spacial score (nSPS) is 24.2. The van der Waals surface area contributed by atoms with E-state index in [1.807, 2.05) is 0 Å². The molecule has 2 aromatic rings. The molecule has 2 heterocycles. The molecule has 232 valence electrons. The molecule has 0 saturated carbocycles. The summed E-state index contributed by atoms with van der Waals surface area (Å²) in [5, 5.41) is 0.150. The zero-order valence-corrected chi connectivity index (χ0v) is 27.3. The Labute approximate surface area is 266 Å². The van der Waals surface area contributed by atoms with Crippen molar-refractivity contribution >= 4 is 40.7 Å². The molecular formula is C35H44Cl2N2O4. The minimum atomic E-state index is -0.396. The van der Waals surface area contributed by atoms with Crippen molar-refractivity contribution in [2.75, 3.05) is 32.7 Å². The van der Waals surface area contributed by atoms with E-state index in [1.54, 1.807) is 42.5 Å². The van der Waals surface area contributed by atoms with Crippen LogP contribution in [0.25, 0.3) is 0 Å². The zero-order valence-electron chi connectivity index (χ0n) is 25.8. The van der Waals surface area contributed by atoms with Gasteiger partial charge >= 0.3 is 5.97 Å². The molecular weight excluding hydrogens is 583 g/mol. The highest BCUT2D eigenvalue weighted by Gasteiger charge is 2.38. The number of alkyl halides is 2. The predicted molar refractivity (Wildman–Crippen MR) is 171 cm³/mol. The third-order valence-corrected chi connectivity index (χ3v) is 9.59. The molecule has 0 amide bonds. The summed E-state index contributed by atoms with van der Waals surface area (Å²) in [6.07, 6.45) is 4.50. The van der Waals surface area contributed by atoms with E-state index in [0.29, 0.717) is 40.8 Å². The Bertz CT molecular complexity index is 1370. The van der Waals surface area contributed by atoms with Gasteiger partial charge in [0, 0.05) is 59.2 Å². The van der Waals surface area contributed by atoms with Gasteiger partial charge in [-0.25, -0.2) is 0 Å². The summed E-state index contributed by atoms with van der Waals surface area (Å²) in [7, 11) is 0. The average molecular weight is 628 g/mol. The molecule has 2 fully saturated rings. The van der Waals surface area contributed by atoms with Gasteiger partial charge in [0.15, 0.2) is 11.6 Å². The Morgan fingerprint density at radius 1 is 0.860 bits per heavy atom. The van der Waals surface area contributed by atoms with Crippen LogP contribution in [0.3, 0.4) is 0 Å². The summed E-state index contributed by atoms with van der Waals surface area (Å²) in [6.45, 7) is 13.3. The molecule has 0 N–H and O–H groups in total. The van der Waals surface area contributed by atoms with Crippen molar-refractivity contribution in [1.82, 2.24) is 9.80 Å². The van der Waals surface area contributed by atoms with E-state index in [1.165, 1.54) is 0 Å². The van der Waals surface area contributed by atoms with E-state index in [0.717, 1.165) is 51.9 Å². The number of carbonyl (C=O) groups excluding carboxylic acids is 3. The fourth-order valence-electron chi connectivity index (χ4n) is 7.29. The van der Waals surface area contributed by atoms with Crippen molar-refractivity contribution in [3.8, 4) is 0 Å². The summed E-state index contributed by atoms with van der Waals surface area (Å²) in [5.74, 6) is -0.615. The van der Waals surface area contributed by atoms with Crippen LogP contribution in [-0.4, -0.2) is 76.9 Å². The van der Waals surface area contributed by atoms with Crippen LogP contribution < -0.4 is 0 Å². The molecule has 0 aromatic heterocycles. The fourth-order valence-corrected chi connectivity index (χ4v) is 8.50. The highest BCUT2D eigenvalue weighted by Crippen LogP contribution is 2.34. The molecule has 1 aliphatic carbocycles. The van der Waals surface area contributed by atoms with E-state index in [2.05, 4.69) is 37.5 Å². The number of unbranched alkanes of at least 4 members (excludes halogenated alkanes) is 1. The summed E-state index contributed by atoms with van der Waals surface area (Å²) < 4.78 is 5.91. The van der Waals surface area contributed by atoms with Crippen LogP contribution in [0.2, 0.25) is 0 Å². The third-order valence-electron chi connectivity index (χ3n) is 9.01. The van der Waals surface area contributed by atoms with Gasteiger partial charge in [-0.05, 0) is 60.8 Å². The topological polar surface area (TPSA) is 66.9 Å². The highest BCUT2D eigenvalue weighted by atomic mass is 35.5. The summed E-state index contributed by atoms with van der Waals surface area (Å²) >= 11 is 13.2. The first kappa shape index (κ1) is 32.2. The van der Waals surface area contributed by atoms with Crippen molar-refractivity contribution in [1.29, 1.82) is 0 Å². The van der Waals surface area contributed by atoms with Gasteiger partial charge in [-0.1, -0.05) is 64.4 Å². The Balaban J connectivity index is 1.24. The van der Waals surface area contributed by atoms with Gasteiger partial charge in [0.1, 0.15) is 12.6 Å². The van der Waals surface area contributed by atoms with E-state index >= 15 is 0 Å². The molecule has 0 spiro atoms. The van der Waals surface area contributed by atoms with E-state index < -0.39 is 6.04 Å².